The largest absolute Gasteiger partial charge is 0.391 e. The van der Waals surface area contributed by atoms with Crippen molar-refractivity contribution in [2.75, 3.05) is 18.4 Å². The van der Waals surface area contributed by atoms with Crippen molar-refractivity contribution in [3.63, 3.8) is 0 Å². The second-order valence-electron chi connectivity index (χ2n) is 5.38. The van der Waals surface area contributed by atoms with E-state index >= 15 is 0 Å². The van der Waals surface area contributed by atoms with E-state index < -0.39 is 6.10 Å². The van der Waals surface area contributed by atoms with E-state index in [-0.39, 0.29) is 6.03 Å². The van der Waals surface area contributed by atoms with Gasteiger partial charge in [0.05, 0.1) is 11.8 Å². The smallest absolute Gasteiger partial charge is 0.323 e. The topological polar surface area (TPSA) is 70.4 Å². The molecule has 1 saturated heterocycles. The number of aryl methyl sites for hydroxylation is 1. The second kappa shape index (κ2) is 5.98. The van der Waals surface area contributed by atoms with Gasteiger partial charge in [0.2, 0.25) is 0 Å². The molecule has 0 aliphatic carbocycles. The molecule has 1 aliphatic rings. The van der Waals surface area contributed by atoms with Crippen LogP contribution in [0.5, 0.6) is 0 Å². The van der Waals surface area contributed by atoms with Crippen molar-refractivity contribution in [1.29, 1.82) is 0 Å². The van der Waals surface area contributed by atoms with Gasteiger partial charge < -0.3 is 10.0 Å². The minimum Gasteiger partial charge on any atom is -0.391 e. The molecule has 1 aliphatic heterocycles. The number of aliphatic hydroxyl groups is 1. The quantitative estimate of drug-likeness (QED) is 0.893. The normalized spacial score (nSPS) is 17.8. The minimum atomic E-state index is -0.431. The monoisotopic (exact) mass is 320 g/mol. The number of amides is 2. The molecule has 3 rings (SSSR count). The highest BCUT2D eigenvalue weighted by atomic mass is 35.5. The molecule has 1 aromatic carbocycles. The lowest BCUT2D eigenvalue weighted by Crippen LogP contribution is -2.33. The number of aromatic nitrogens is 2. The van der Waals surface area contributed by atoms with Crippen LogP contribution in [0.25, 0.3) is 5.69 Å². The van der Waals surface area contributed by atoms with Gasteiger partial charge in [0.1, 0.15) is 0 Å². The third kappa shape index (κ3) is 3.08. The van der Waals surface area contributed by atoms with Gasteiger partial charge in [-0.1, -0.05) is 11.6 Å². The van der Waals surface area contributed by atoms with Crippen LogP contribution in [0.1, 0.15) is 12.1 Å². The van der Waals surface area contributed by atoms with Crippen LogP contribution in [0.3, 0.4) is 0 Å². The Hall–Kier alpha value is -2.05. The molecule has 0 spiro atoms. The van der Waals surface area contributed by atoms with Gasteiger partial charge in [0.15, 0.2) is 5.82 Å². The lowest BCUT2D eigenvalue weighted by Gasteiger charge is -2.15. The van der Waals surface area contributed by atoms with Gasteiger partial charge in [0, 0.05) is 29.9 Å². The standard InChI is InChI=1S/C15H17ClN4O2/c1-10-8-14(17-15(22)19-7-6-13(21)9-19)18-20(10)12-4-2-11(16)3-5-12/h2-5,8,13,21H,6-7,9H2,1H3,(H,17,18,22). The van der Waals surface area contributed by atoms with Crippen LogP contribution in [-0.2, 0) is 0 Å². The van der Waals surface area contributed by atoms with Crippen molar-refractivity contribution < 1.29 is 9.90 Å². The molecule has 2 amide bonds. The number of anilines is 1. The molecule has 1 atom stereocenters. The average molecular weight is 321 g/mol. The van der Waals surface area contributed by atoms with Crippen LogP contribution in [-0.4, -0.2) is 45.0 Å². The highest BCUT2D eigenvalue weighted by Gasteiger charge is 2.25. The van der Waals surface area contributed by atoms with Crippen molar-refractivity contribution in [3.8, 4) is 5.69 Å². The van der Waals surface area contributed by atoms with Crippen molar-refractivity contribution in [1.82, 2.24) is 14.7 Å². The van der Waals surface area contributed by atoms with Crippen LogP contribution in [0.2, 0.25) is 5.02 Å². The number of hydrogen-bond acceptors (Lipinski definition) is 3. The van der Waals surface area contributed by atoms with Gasteiger partial charge in [0.25, 0.3) is 0 Å². The molecule has 116 valence electrons. The number of benzene rings is 1. The number of halogens is 1. The Morgan fingerprint density at radius 1 is 1.41 bits per heavy atom. The Kier molecular flexibility index (Phi) is 4.04. The van der Waals surface area contributed by atoms with Crippen molar-refractivity contribution in [2.45, 2.75) is 19.4 Å². The first-order chi connectivity index (χ1) is 10.5. The number of carbonyl (C=O) groups excluding carboxylic acids is 1. The van der Waals surface area contributed by atoms with E-state index in [1.807, 2.05) is 19.1 Å². The zero-order chi connectivity index (χ0) is 15.7. The van der Waals surface area contributed by atoms with E-state index in [1.54, 1.807) is 27.8 Å². The summed E-state index contributed by atoms with van der Waals surface area (Å²) < 4.78 is 1.74. The molecule has 0 saturated carbocycles. The fraction of sp³-hybridized carbons (Fsp3) is 0.333. The first-order valence-corrected chi connectivity index (χ1v) is 7.47. The fourth-order valence-electron chi connectivity index (χ4n) is 2.49. The van der Waals surface area contributed by atoms with E-state index in [0.717, 1.165) is 11.4 Å². The highest BCUT2D eigenvalue weighted by molar-refractivity contribution is 6.30. The lowest BCUT2D eigenvalue weighted by atomic mass is 10.3. The maximum absolute atomic E-state index is 12.1. The lowest BCUT2D eigenvalue weighted by molar-refractivity contribution is 0.176. The van der Waals surface area contributed by atoms with Gasteiger partial charge in [-0.25, -0.2) is 9.48 Å². The number of carbonyl (C=O) groups is 1. The van der Waals surface area contributed by atoms with Crippen LogP contribution in [0.4, 0.5) is 10.6 Å². The second-order valence-corrected chi connectivity index (χ2v) is 5.81. The van der Waals surface area contributed by atoms with Gasteiger partial charge in [-0.05, 0) is 37.6 Å². The van der Waals surface area contributed by atoms with Gasteiger partial charge in [-0.2, -0.15) is 0 Å². The summed E-state index contributed by atoms with van der Waals surface area (Å²) in [5.74, 6) is 0.485. The van der Waals surface area contributed by atoms with Crippen molar-refractivity contribution >= 4 is 23.4 Å². The Balaban J connectivity index is 1.75. The minimum absolute atomic E-state index is 0.239. The molecule has 22 heavy (non-hydrogen) atoms. The Morgan fingerprint density at radius 2 is 2.14 bits per heavy atom. The van der Waals surface area contributed by atoms with E-state index in [1.165, 1.54) is 0 Å². The molecule has 2 N–H and O–H groups in total. The maximum Gasteiger partial charge on any atom is 0.323 e. The number of rotatable bonds is 2. The molecular weight excluding hydrogens is 304 g/mol. The Morgan fingerprint density at radius 3 is 2.77 bits per heavy atom. The van der Waals surface area contributed by atoms with Crippen LogP contribution >= 0.6 is 11.6 Å². The number of likely N-dealkylation sites (tertiary alicyclic amines) is 1. The first kappa shape index (κ1) is 14.9. The number of β-amino-alcohol motifs (C(OH)–C–C–N with tert-alkyl or cyclic N) is 1. The summed E-state index contributed by atoms with van der Waals surface area (Å²) in [5.41, 5.74) is 1.78. The van der Waals surface area contributed by atoms with Crippen LogP contribution in [0.15, 0.2) is 30.3 Å². The summed E-state index contributed by atoms with van der Waals surface area (Å²) in [4.78, 5) is 13.7. The summed E-state index contributed by atoms with van der Waals surface area (Å²) in [7, 11) is 0. The van der Waals surface area contributed by atoms with E-state index in [2.05, 4.69) is 10.4 Å². The zero-order valence-corrected chi connectivity index (χ0v) is 12.9. The van der Waals surface area contributed by atoms with E-state index in [9.17, 15) is 9.90 Å². The molecule has 2 heterocycles. The molecule has 6 nitrogen and oxygen atoms in total. The maximum atomic E-state index is 12.1. The third-order valence-corrected chi connectivity index (χ3v) is 3.90. The Labute approximate surface area is 133 Å². The van der Waals surface area contributed by atoms with Gasteiger partial charge >= 0.3 is 6.03 Å². The number of hydrogen-bond donors (Lipinski definition) is 2. The van der Waals surface area contributed by atoms with Crippen LogP contribution in [0, 0.1) is 6.92 Å². The zero-order valence-electron chi connectivity index (χ0n) is 12.2. The summed E-state index contributed by atoms with van der Waals surface area (Å²) in [6.45, 7) is 2.84. The van der Waals surface area contributed by atoms with Gasteiger partial charge in [-0.15, -0.1) is 5.10 Å². The molecule has 1 fully saturated rings. The summed E-state index contributed by atoms with van der Waals surface area (Å²) in [6.07, 6.45) is 0.185. The number of urea groups is 1. The average Bonchev–Trinajstić information content (AvgIpc) is 3.06. The third-order valence-electron chi connectivity index (χ3n) is 3.64. The van der Waals surface area contributed by atoms with Crippen molar-refractivity contribution in [2.24, 2.45) is 0 Å². The molecule has 2 aromatic rings. The van der Waals surface area contributed by atoms with E-state index in [4.69, 9.17) is 11.6 Å². The number of nitrogens with zero attached hydrogens (tertiary/aromatic N) is 3. The number of aliphatic hydroxyl groups excluding tert-OH is 1. The molecule has 0 radical (unpaired) electrons. The Bertz CT molecular complexity index is 683. The fourth-order valence-corrected chi connectivity index (χ4v) is 2.62. The van der Waals surface area contributed by atoms with Crippen molar-refractivity contribution in [3.05, 3.63) is 41.0 Å². The SMILES string of the molecule is Cc1cc(NC(=O)N2CCC(O)C2)nn1-c1ccc(Cl)cc1. The van der Waals surface area contributed by atoms with E-state index in [0.29, 0.717) is 30.4 Å². The predicted molar refractivity (Wildman–Crippen MR) is 84.5 cm³/mol. The highest BCUT2D eigenvalue weighted by Crippen LogP contribution is 2.18. The molecule has 0 bridgehead atoms. The number of nitrogens with one attached hydrogen (secondary N) is 1. The molecule has 1 aromatic heterocycles. The molecule has 7 heteroatoms. The summed E-state index contributed by atoms with van der Waals surface area (Å²) >= 11 is 5.88. The summed E-state index contributed by atoms with van der Waals surface area (Å²) in [5, 5.41) is 17.3. The first-order valence-electron chi connectivity index (χ1n) is 7.09. The van der Waals surface area contributed by atoms with Crippen LogP contribution < -0.4 is 5.32 Å². The predicted octanol–water partition coefficient (Wildman–Crippen LogP) is 2.43. The summed E-state index contributed by atoms with van der Waals surface area (Å²) in [6, 6.07) is 8.88. The molecule has 1 unspecified atom stereocenters. The molecular formula is C15H17ClN4O2. The van der Waals surface area contributed by atoms with Gasteiger partial charge in [-0.3, -0.25) is 5.32 Å².